The van der Waals surface area contributed by atoms with Crippen LogP contribution in [0.15, 0.2) is 6.07 Å². The van der Waals surface area contributed by atoms with E-state index in [1.165, 1.54) is 0 Å². The van der Waals surface area contributed by atoms with Crippen molar-refractivity contribution in [2.24, 2.45) is 7.05 Å². The molecule has 2 heterocycles. The topological polar surface area (TPSA) is 45.5 Å². The van der Waals surface area contributed by atoms with Crippen LogP contribution in [-0.4, -0.2) is 46.1 Å². The van der Waals surface area contributed by atoms with E-state index in [-0.39, 0.29) is 11.9 Å². The maximum atomic E-state index is 12.2. The molecule has 17 heavy (non-hydrogen) atoms. The Balaban J connectivity index is 2.07. The Kier molecular flexibility index (Phi) is 3.35. The van der Waals surface area contributed by atoms with Gasteiger partial charge in [0, 0.05) is 37.1 Å². The standard InChI is InChI=1S/C13H20N2O2/c1-9-6-12(10(2)14(9)3)13(17)8-15-5-4-11(16)7-15/h6,11,16H,4-5,7-8H2,1-3H3. The van der Waals surface area contributed by atoms with Gasteiger partial charge in [0.05, 0.1) is 12.6 Å². The highest BCUT2D eigenvalue weighted by Crippen LogP contribution is 2.16. The van der Waals surface area contributed by atoms with Crippen LogP contribution in [0.2, 0.25) is 0 Å². The highest BCUT2D eigenvalue weighted by Gasteiger charge is 2.23. The monoisotopic (exact) mass is 236 g/mol. The molecule has 0 spiro atoms. The number of carbonyl (C=O) groups is 1. The summed E-state index contributed by atoms with van der Waals surface area (Å²) in [4.78, 5) is 14.2. The SMILES string of the molecule is Cc1cc(C(=O)CN2CCC(O)C2)c(C)n1C. The van der Waals surface area contributed by atoms with E-state index >= 15 is 0 Å². The van der Waals surface area contributed by atoms with Gasteiger partial charge in [0.15, 0.2) is 5.78 Å². The summed E-state index contributed by atoms with van der Waals surface area (Å²) in [6.07, 6.45) is 0.515. The number of carbonyl (C=O) groups excluding carboxylic acids is 1. The molecular formula is C13H20N2O2. The van der Waals surface area contributed by atoms with Crippen LogP contribution in [0, 0.1) is 13.8 Å². The molecule has 0 radical (unpaired) electrons. The van der Waals surface area contributed by atoms with Crippen molar-refractivity contribution in [2.45, 2.75) is 26.4 Å². The van der Waals surface area contributed by atoms with Crippen molar-refractivity contribution < 1.29 is 9.90 Å². The summed E-state index contributed by atoms with van der Waals surface area (Å²) in [6, 6.07) is 1.95. The number of Topliss-reactive ketones (excluding diaryl/α,β-unsaturated/α-hetero) is 1. The second-order valence-electron chi connectivity index (χ2n) is 4.94. The molecular weight excluding hydrogens is 216 g/mol. The number of aliphatic hydroxyl groups excluding tert-OH is 1. The lowest BCUT2D eigenvalue weighted by Gasteiger charge is -2.13. The molecule has 1 aliphatic heterocycles. The van der Waals surface area contributed by atoms with E-state index in [4.69, 9.17) is 0 Å². The first-order chi connectivity index (χ1) is 7.99. The first-order valence-electron chi connectivity index (χ1n) is 6.05. The summed E-state index contributed by atoms with van der Waals surface area (Å²) in [7, 11) is 1.97. The highest BCUT2D eigenvalue weighted by molar-refractivity contribution is 5.99. The van der Waals surface area contributed by atoms with Gasteiger partial charge in [-0.15, -0.1) is 0 Å². The first kappa shape index (κ1) is 12.3. The molecule has 0 aliphatic carbocycles. The number of ketones is 1. The molecule has 2 rings (SSSR count). The van der Waals surface area contributed by atoms with Gasteiger partial charge in [-0.25, -0.2) is 0 Å². The van der Waals surface area contributed by atoms with Gasteiger partial charge in [0.25, 0.3) is 0 Å². The van der Waals surface area contributed by atoms with Crippen molar-refractivity contribution in [3.63, 3.8) is 0 Å². The number of likely N-dealkylation sites (tertiary alicyclic amines) is 1. The van der Waals surface area contributed by atoms with Crippen molar-refractivity contribution in [1.82, 2.24) is 9.47 Å². The van der Waals surface area contributed by atoms with Crippen LogP contribution < -0.4 is 0 Å². The third-order valence-electron chi connectivity index (χ3n) is 3.69. The predicted octanol–water partition coefficient (Wildman–Crippen LogP) is 0.891. The predicted molar refractivity (Wildman–Crippen MR) is 66.3 cm³/mol. The lowest BCUT2D eigenvalue weighted by atomic mass is 10.1. The van der Waals surface area contributed by atoms with Crippen molar-refractivity contribution in [3.05, 3.63) is 23.0 Å². The minimum Gasteiger partial charge on any atom is -0.392 e. The number of aryl methyl sites for hydroxylation is 1. The molecule has 0 amide bonds. The average molecular weight is 236 g/mol. The zero-order valence-electron chi connectivity index (χ0n) is 10.7. The number of nitrogens with zero attached hydrogens (tertiary/aromatic N) is 2. The largest absolute Gasteiger partial charge is 0.392 e. The fourth-order valence-corrected chi connectivity index (χ4v) is 2.38. The molecule has 1 N–H and O–H groups in total. The van der Waals surface area contributed by atoms with E-state index in [2.05, 4.69) is 0 Å². The van der Waals surface area contributed by atoms with E-state index in [1.54, 1.807) is 0 Å². The number of hydrogen-bond acceptors (Lipinski definition) is 3. The molecule has 1 fully saturated rings. The third-order valence-corrected chi connectivity index (χ3v) is 3.69. The Morgan fingerprint density at radius 1 is 1.53 bits per heavy atom. The van der Waals surface area contributed by atoms with Crippen LogP contribution in [0.1, 0.15) is 28.2 Å². The molecule has 1 atom stereocenters. The van der Waals surface area contributed by atoms with Gasteiger partial charge in [-0.2, -0.15) is 0 Å². The Hall–Kier alpha value is -1.13. The van der Waals surface area contributed by atoms with Gasteiger partial charge in [0.2, 0.25) is 0 Å². The normalized spacial score (nSPS) is 21.1. The lowest BCUT2D eigenvalue weighted by Crippen LogP contribution is -2.28. The summed E-state index contributed by atoms with van der Waals surface area (Å²) in [5.41, 5.74) is 2.94. The Bertz CT molecular complexity index is 437. The Morgan fingerprint density at radius 2 is 2.24 bits per heavy atom. The maximum absolute atomic E-state index is 12.2. The molecule has 4 heteroatoms. The summed E-state index contributed by atoms with van der Waals surface area (Å²) < 4.78 is 2.03. The summed E-state index contributed by atoms with van der Waals surface area (Å²) in [5.74, 6) is 0.153. The molecule has 1 aliphatic rings. The molecule has 1 unspecified atom stereocenters. The van der Waals surface area contributed by atoms with Crippen molar-refractivity contribution in [2.75, 3.05) is 19.6 Å². The molecule has 1 aromatic heterocycles. The van der Waals surface area contributed by atoms with Crippen LogP contribution in [0.4, 0.5) is 0 Å². The van der Waals surface area contributed by atoms with Crippen LogP contribution in [0.5, 0.6) is 0 Å². The Morgan fingerprint density at radius 3 is 2.71 bits per heavy atom. The minimum absolute atomic E-state index is 0.153. The number of aromatic nitrogens is 1. The van der Waals surface area contributed by atoms with Crippen molar-refractivity contribution in [3.8, 4) is 0 Å². The quantitative estimate of drug-likeness (QED) is 0.793. The van der Waals surface area contributed by atoms with Crippen LogP contribution in [-0.2, 0) is 7.05 Å². The molecule has 94 valence electrons. The van der Waals surface area contributed by atoms with E-state index in [0.717, 1.165) is 29.9 Å². The Labute approximate surface area is 102 Å². The summed E-state index contributed by atoms with van der Waals surface area (Å²) in [6.45, 7) is 5.83. The maximum Gasteiger partial charge on any atom is 0.178 e. The second-order valence-corrected chi connectivity index (χ2v) is 4.94. The molecule has 1 aromatic rings. The average Bonchev–Trinajstić information content (AvgIpc) is 2.78. The number of rotatable bonds is 3. The third kappa shape index (κ3) is 2.42. The van der Waals surface area contributed by atoms with E-state index < -0.39 is 0 Å². The van der Waals surface area contributed by atoms with Crippen molar-refractivity contribution >= 4 is 5.78 Å². The van der Waals surface area contributed by atoms with Crippen molar-refractivity contribution in [1.29, 1.82) is 0 Å². The van der Waals surface area contributed by atoms with E-state index in [9.17, 15) is 9.90 Å². The van der Waals surface area contributed by atoms with Crippen LogP contribution in [0.3, 0.4) is 0 Å². The van der Waals surface area contributed by atoms with Gasteiger partial charge in [-0.3, -0.25) is 9.69 Å². The van der Waals surface area contributed by atoms with E-state index in [0.29, 0.717) is 13.1 Å². The summed E-state index contributed by atoms with van der Waals surface area (Å²) in [5, 5.41) is 9.43. The lowest BCUT2D eigenvalue weighted by molar-refractivity contribution is 0.0934. The number of aliphatic hydroxyl groups is 1. The minimum atomic E-state index is -0.263. The molecule has 0 aromatic carbocycles. The molecule has 4 nitrogen and oxygen atoms in total. The van der Waals surface area contributed by atoms with Crippen LogP contribution in [0.25, 0.3) is 0 Å². The second kappa shape index (κ2) is 4.63. The van der Waals surface area contributed by atoms with Gasteiger partial charge in [-0.05, 0) is 26.3 Å². The molecule has 0 bridgehead atoms. The zero-order chi connectivity index (χ0) is 12.6. The fourth-order valence-electron chi connectivity index (χ4n) is 2.38. The molecule has 1 saturated heterocycles. The number of β-amino-alcohol motifs (C(OH)–C–C–N with tert-alkyl or cyclic N) is 1. The van der Waals surface area contributed by atoms with Gasteiger partial charge < -0.3 is 9.67 Å². The van der Waals surface area contributed by atoms with Gasteiger partial charge in [0.1, 0.15) is 0 Å². The summed E-state index contributed by atoms with van der Waals surface area (Å²) >= 11 is 0. The van der Waals surface area contributed by atoms with Crippen LogP contribution >= 0.6 is 0 Å². The highest BCUT2D eigenvalue weighted by atomic mass is 16.3. The smallest absolute Gasteiger partial charge is 0.178 e. The molecule has 0 saturated carbocycles. The van der Waals surface area contributed by atoms with E-state index in [1.807, 2.05) is 36.4 Å². The zero-order valence-corrected chi connectivity index (χ0v) is 10.7. The first-order valence-corrected chi connectivity index (χ1v) is 6.05. The number of hydrogen-bond donors (Lipinski definition) is 1. The van der Waals surface area contributed by atoms with Gasteiger partial charge >= 0.3 is 0 Å². The fraction of sp³-hybridized carbons (Fsp3) is 0.615. The van der Waals surface area contributed by atoms with Gasteiger partial charge in [-0.1, -0.05) is 0 Å².